The molecule has 0 amide bonds. The summed E-state index contributed by atoms with van der Waals surface area (Å²) in [6.45, 7) is -0.705. The zero-order valence-corrected chi connectivity index (χ0v) is 11.6. The first-order valence-electron chi connectivity index (χ1n) is 4.52. The lowest BCUT2D eigenvalue weighted by molar-refractivity contribution is 0.0818. The first kappa shape index (κ1) is 14.3. The van der Waals surface area contributed by atoms with E-state index < -0.39 is 22.8 Å². The van der Waals surface area contributed by atoms with Crippen molar-refractivity contribution in [3.05, 3.63) is 16.7 Å². The molecule has 1 heterocycles. The van der Waals surface area contributed by atoms with E-state index >= 15 is 0 Å². The standard InChI is InChI=1S/C9H11BrF2N2O2S/c1-17(2,15)14-9-4-6(3-7(10)13-9)16-5-8(11)12/h3-4,8H,5H2,1-2H3. The van der Waals surface area contributed by atoms with Crippen molar-refractivity contribution in [1.82, 2.24) is 4.98 Å². The third-order valence-corrected chi connectivity index (χ3v) is 2.48. The maximum Gasteiger partial charge on any atom is 0.272 e. The lowest BCUT2D eigenvalue weighted by atomic mass is 10.4. The summed E-state index contributed by atoms with van der Waals surface area (Å²) >= 11 is 3.10. The molecule has 0 spiro atoms. The molecule has 1 rings (SSSR count). The van der Waals surface area contributed by atoms with E-state index in [0.29, 0.717) is 4.60 Å². The molecule has 0 aliphatic heterocycles. The highest BCUT2D eigenvalue weighted by molar-refractivity contribution is 9.10. The van der Waals surface area contributed by atoms with E-state index in [-0.39, 0.29) is 11.6 Å². The van der Waals surface area contributed by atoms with Crippen LogP contribution in [0.4, 0.5) is 14.6 Å². The molecule has 0 saturated carbocycles. The molecule has 4 nitrogen and oxygen atoms in total. The second-order valence-electron chi connectivity index (χ2n) is 3.46. The number of halogens is 3. The Hall–Kier alpha value is -0.760. The third-order valence-electron chi connectivity index (χ3n) is 1.44. The number of pyridine rings is 1. The van der Waals surface area contributed by atoms with Crippen molar-refractivity contribution >= 4 is 31.5 Å². The fourth-order valence-corrected chi connectivity index (χ4v) is 1.93. The van der Waals surface area contributed by atoms with Crippen molar-refractivity contribution < 1.29 is 17.7 Å². The second-order valence-corrected chi connectivity index (χ2v) is 6.82. The molecule has 0 fully saturated rings. The molecule has 1 aromatic rings. The SMILES string of the molecule is CS(C)(=O)=Nc1cc(OCC(F)F)cc(Br)n1. The number of rotatable bonds is 4. The van der Waals surface area contributed by atoms with E-state index in [9.17, 15) is 13.0 Å². The number of nitrogens with zero attached hydrogens (tertiary/aromatic N) is 2. The van der Waals surface area contributed by atoms with Crippen molar-refractivity contribution in [2.45, 2.75) is 6.43 Å². The fraction of sp³-hybridized carbons (Fsp3) is 0.444. The molecule has 0 unspecified atom stereocenters. The highest BCUT2D eigenvalue weighted by Gasteiger charge is 2.06. The van der Waals surface area contributed by atoms with Crippen molar-refractivity contribution in [2.24, 2.45) is 4.36 Å². The predicted molar refractivity (Wildman–Crippen MR) is 65.5 cm³/mol. The van der Waals surface area contributed by atoms with E-state index in [1.165, 1.54) is 24.6 Å². The van der Waals surface area contributed by atoms with Gasteiger partial charge in [-0.05, 0) is 15.9 Å². The number of hydrogen-bond acceptors (Lipinski definition) is 4. The van der Waals surface area contributed by atoms with Gasteiger partial charge in [0.2, 0.25) is 0 Å². The first-order valence-corrected chi connectivity index (χ1v) is 7.64. The molecular weight excluding hydrogens is 318 g/mol. The van der Waals surface area contributed by atoms with E-state index in [1.807, 2.05) is 0 Å². The van der Waals surface area contributed by atoms with Gasteiger partial charge in [-0.1, -0.05) is 0 Å². The van der Waals surface area contributed by atoms with Gasteiger partial charge < -0.3 is 4.74 Å². The fourth-order valence-electron chi connectivity index (χ4n) is 0.975. The Bertz CT molecular complexity index is 508. The van der Waals surface area contributed by atoms with Gasteiger partial charge in [0.1, 0.15) is 17.0 Å². The van der Waals surface area contributed by atoms with Crippen LogP contribution in [-0.2, 0) is 9.73 Å². The highest BCUT2D eigenvalue weighted by Crippen LogP contribution is 2.24. The van der Waals surface area contributed by atoms with Gasteiger partial charge in [-0.25, -0.2) is 18.0 Å². The maximum atomic E-state index is 12.0. The number of hydrogen-bond donors (Lipinski definition) is 0. The smallest absolute Gasteiger partial charge is 0.272 e. The average Bonchev–Trinajstić information content (AvgIpc) is 2.10. The van der Waals surface area contributed by atoms with Crippen LogP contribution < -0.4 is 4.74 Å². The quantitative estimate of drug-likeness (QED) is 0.798. The average molecular weight is 329 g/mol. The van der Waals surface area contributed by atoms with Gasteiger partial charge in [-0.15, -0.1) is 0 Å². The largest absolute Gasteiger partial charge is 0.487 e. The Morgan fingerprint density at radius 3 is 2.71 bits per heavy atom. The van der Waals surface area contributed by atoms with Gasteiger partial charge in [0, 0.05) is 34.4 Å². The molecule has 0 atom stereocenters. The van der Waals surface area contributed by atoms with Crippen LogP contribution in [0.5, 0.6) is 5.75 Å². The minimum Gasteiger partial charge on any atom is -0.487 e. The normalized spacial score (nSPS) is 11.6. The van der Waals surface area contributed by atoms with Crippen LogP contribution in [0.3, 0.4) is 0 Å². The van der Waals surface area contributed by atoms with Crippen LogP contribution in [0.2, 0.25) is 0 Å². The Labute approximate surface area is 107 Å². The van der Waals surface area contributed by atoms with E-state index in [0.717, 1.165) is 0 Å². The van der Waals surface area contributed by atoms with Gasteiger partial charge in [0.05, 0.1) is 0 Å². The maximum absolute atomic E-state index is 12.0. The molecule has 96 valence electrons. The molecule has 0 saturated heterocycles. The second kappa shape index (κ2) is 5.72. The zero-order valence-electron chi connectivity index (χ0n) is 9.19. The summed E-state index contributed by atoms with van der Waals surface area (Å²) in [6, 6.07) is 2.80. The number of ether oxygens (including phenoxy) is 1. The number of aromatic nitrogens is 1. The van der Waals surface area contributed by atoms with E-state index in [2.05, 4.69) is 25.3 Å². The molecule has 0 N–H and O–H groups in total. The van der Waals surface area contributed by atoms with Crippen LogP contribution in [0.25, 0.3) is 0 Å². The van der Waals surface area contributed by atoms with Crippen LogP contribution >= 0.6 is 15.9 Å². The lowest BCUT2D eigenvalue weighted by Crippen LogP contribution is -2.07. The third kappa shape index (κ3) is 5.92. The van der Waals surface area contributed by atoms with Crippen molar-refractivity contribution in [2.75, 3.05) is 19.1 Å². The first-order chi connectivity index (χ1) is 7.76. The molecule has 8 heteroatoms. The molecule has 0 bridgehead atoms. The van der Waals surface area contributed by atoms with Crippen molar-refractivity contribution in [1.29, 1.82) is 0 Å². The molecule has 0 radical (unpaired) electrons. The van der Waals surface area contributed by atoms with E-state index in [4.69, 9.17) is 4.74 Å². The van der Waals surface area contributed by atoms with E-state index in [1.54, 1.807) is 0 Å². The Morgan fingerprint density at radius 2 is 2.18 bits per heavy atom. The Kier molecular flexibility index (Phi) is 4.81. The van der Waals surface area contributed by atoms with Gasteiger partial charge in [-0.3, -0.25) is 0 Å². The molecular formula is C9H11BrF2N2O2S. The summed E-state index contributed by atoms with van der Waals surface area (Å²) < 4.78 is 44.5. The number of alkyl halides is 2. The van der Waals surface area contributed by atoms with Crippen molar-refractivity contribution in [3.63, 3.8) is 0 Å². The Balaban J connectivity index is 2.99. The Morgan fingerprint density at radius 1 is 1.53 bits per heavy atom. The summed E-state index contributed by atoms with van der Waals surface area (Å²) in [4.78, 5) is 3.95. The molecule has 0 aromatic carbocycles. The molecule has 1 aromatic heterocycles. The highest BCUT2D eigenvalue weighted by atomic mass is 79.9. The minimum atomic E-state index is -2.55. The van der Waals surface area contributed by atoms with Crippen LogP contribution in [0, 0.1) is 0 Å². The van der Waals surface area contributed by atoms with Crippen LogP contribution in [0.15, 0.2) is 21.1 Å². The monoisotopic (exact) mass is 328 g/mol. The van der Waals surface area contributed by atoms with Gasteiger partial charge in [-0.2, -0.15) is 4.36 Å². The van der Waals surface area contributed by atoms with Crippen molar-refractivity contribution in [3.8, 4) is 5.75 Å². The van der Waals surface area contributed by atoms with Gasteiger partial charge in [0.15, 0.2) is 5.82 Å². The summed E-state index contributed by atoms with van der Waals surface area (Å²) in [5.41, 5.74) is 0. The lowest BCUT2D eigenvalue weighted by Gasteiger charge is -2.06. The zero-order chi connectivity index (χ0) is 13.1. The summed E-state index contributed by atoms with van der Waals surface area (Å²) in [6.07, 6.45) is 0.355. The van der Waals surface area contributed by atoms with Gasteiger partial charge in [0.25, 0.3) is 6.43 Å². The summed E-state index contributed by atoms with van der Waals surface area (Å²) in [7, 11) is -2.35. The van der Waals surface area contributed by atoms with Gasteiger partial charge >= 0.3 is 0 Å². The molecule has 0 aliphatic rings. The van der Waals surface area contributed by atoms with Crippen LogP contribution in [-0.4, -0.2) is 34.7 Å². The molecule has 17 heavy (non-hydrogen) atoms. The molecule has 0 aliphatic carbocycles. The topological polar surface area (TPSA) is 51.5 Å². The summed E-state index contributed by atoms with van der Waals surface area (Å²) in [5.74, 6) is 0.383. The minimum absolute atomic E-state index is 0.179. The summed E-state index contributed by atoms with van der Waals surface area (Å²) in [5, 5.41) is 0. The van der Waals surface area contributed by atoms with Crippen LogP contribution in [0.1, 0.15) is 0 Å². The predicted octanol–water partition coefficient (Wildman–Crippen LogP) is 2.85.